The van der Waals surface area contributed by atoms with Crippen molar-refractivity contribution in [2.45, 2.75) is 96.9 Å². The number of hydrogen-bond acceptors (Lipinski definition) is 21. The molecule has 11 N–H and O–H groups in total. The molecule has 476 valence electrons. The van der Waals surface area contributed by atoms with E-state index in [-0.39, 0.29) is 76.9 Å². The first-order valence-electron chi connectivity index (χ1n) is 29.9. The summed E-state index contributed by atoms with van der Waals surface area (Å²) in [6, 6.07) is 15.8. The predicted molar refractivity (Wildman–Crippen MR) is 337 cm³/mol. The summed E-state index contributed by atoms with van der Waals surface area (Å²) >= 11 is 6.36. The van der Waals surface area contributed by atoms with E-state index in [4.69, 9.17) is 11.6 Å². The Bertz CT molecular complexity index is 4040. The molecule has 9 aromatic heterocycles. The standard InChI is InChI=1S/C21H24FN7O.C21H27FN6O2.C20H24ClFN6O2/c1-12(2)21(3,30)16-11-29(8-7-24-16)20-15(22)9-13(10-23)17(26-20)18-14-5-4-6-25-19(14)28-27-18;1-12(2)21(3,30)16-10-28(8-7-23-16)20-13(11-29)9-15(22)18(25-20)17-14-5-4-6-24-19(14)27-26-17;1-11(10-29)20(2,30)15-9-28(7-6-23-15)19-13(21)8-14(22)17(25-19)16-12-4-3-5-24-18(12)27-26-16/h4-6,9,12,16,24,30H,7-8,11H2,1-3H3,(H,25,27,28);4-6,9,12,16,23,29-30H,7-8,10-11H2,1-3H3,(H,24,26,27);3-5,8,11,15,23,29-30H,6-7,9-10H2,1-2H3,(H,24,26,27)/t2*16-,21+;11?,15-,20+/m000/s1. The fourth-order valence-corrected chi connectivity index (χ4v) is 11.6. The summed E-state index contributed by atoms with van der Waals surface area (Å²) < 4.78 is 44.7. The Morgan fingerprint density at radius 1 is 0.578 bits per heavy atom. The fourth-order valence-electron chi connectivity index (χ4n) is 11.3. The van der Waals surface area contributed by atoms with E-state index in [0.717, 1.165) is 0 Å². The molecule has 0 radical (unpaired) electrons. The van der Waals surface area contributed by atoms with Crippen molar-refractivity contribution in [1.29, 1.82) is 5.26 Å². The number of piperazine rings is 3. The summed E-state index contributed by atoms with van der Waals surface area (Å²) in [4.78, 5) is 31.9. The van der Waals surface area contributed by atoms with Crippen LogP contribution in [-0.4, -0.2) is 186 Å². The fraction of sp³-hybridized carbons (Fsp3) is 0.452. The van der Waals surface area contributed by atoms with E-state index in [1.54, 1.807) is 63.6 Å². The Kier molecular flexibility index (Phi) is 19.3. The number of aromatic amines is 3. The van der Waals surface area contributed by atoms with Gasteiger partial charge in [0.1, 0.15) is 34.8 Å². The minimum Gasteiger partial charge on any atom is -0.396 e. The van der Waals surface area contributed by atoms with Gasteiger partial charge in [-0.2, -0.15) is 20.6 Å². The van der Waals surface area contributed by atoms with Crippen LogP contribution < -0.4 is 30.7 Å². The molecular formula is C62H75ClF3N19O5. The molecule has 0 bridgehead atoms. The number of aliphatic hydroxyl groups excluding tert-OH is 2. The number of nitriles is 1. The smallest absolute Gasteiger partial charge is 0.181 e. The maximum absolute atomic E-state index is 15.0. The lowest BCUT2D eigenvalue weighted by Crippen LogP contribution is -2.63. The molecule has 12 heterocycles. The molecule has 90 heavy (non-hydrogen) atoms. The lowest BCUT2D eigenvalue weighted by molar-refractivity contribution is -0.0468. The van der Waals surface area contributed by atoms with Gasteiger partial charge in [0.15, 0.2) is 40.2 Å². The van der Waals surface area contributed by atoms with Crippen LogP contribution in [0.3, 0.4) is 0 Å². The van der Waals surface area contributed by atoms with E-state index in [1.165, 1.54) is 18.2 Å². The minimum atomic E-state index is -1.14. The highest BCUT2D eigenvalue weighted by atomic mass is 35.5. The second-order valence-corrected chi connectivity index (χ2v) is 24.6. The largest absolute Gasteiger partial charge is 0.396 e. The number of aromatic nitrogens is 12. The van der Waals surface area contributed by atoms with Gasteiger partial charge in [-0.15, -0.1) is 0 Å². The average Bonchev–Trinajstić information content (AvgIpc) is 1.45. The lowest BCUT2D eigenvalue weighted by Gasteiger charge is -2.44. The highest BCUT2D eigenvalue weighted by molar-refractivity contribution is 6.33. The van der Waals surface area contributed by atoms with E-state index in [2.05, 4.69) is 76.4 Å². The summed E-state index contributed by atoms with van der Waals surface area (Å²) in [6.45, 7) is 19.3. The first kappa shape index (κ1) is 64.9. The molecule has 1 unspecified atom stereocenters. The number of pyridine rings is 6. The molecule has 0 saturated carbocycles. The van der Waals surface area contributed by atoms with Crippen LogP contribution in [0.4, 0.5) is 30.6 Å². The highest BCUT2D eigenvalue weighted by Gasteiger charge is 2.42. The lowest BCUT2D eigenvalue weighted by atomic mass is 9.83. The van der Waals surface area contributed by atoms with Gasteiger partial charge in [0, 0.05) is 112 Å². The monoisotopic (exact) mass is 1260 g/mol. The second kappa shape index (κ2) is 26.8. The number of halogens is 4. The molecule has 7 atom stereocenters. The summed E-state index contributed by atoms with van der Waals surface area (Å²) in [5, 5.41) is 94.9. The van der Waals surface area contributed by atoms with Gasteiger partial charge in [-0.3, -0.25) is 15.3 Å². The van der Waals surface area contributed by atoms with Crippen molar-refractivity contribution >= 4 is 62.2 Å². The van der Waals surface area contributed by atoms with Crippen molar-refractivity contribution in [3.8, 4) is 40.2 Å². The zero-order chi connectivity index (χ0) is 64.4. The van der Waals surface area contributed by atoms with Gasteiger partial charge < -0.3 is 56.2 Å². The molecule has 3 aliphatic heterocycles. The van der Waals surface area contributed by atoms with Crippen LogP contribution >= 0.6 is 11.6 Å². The van der Waals surface area contributed by atoms with Crippen molar-refractivity contribution in [3.63, 3.8) is 0 Å². The van der Waals surface area contributed by atoms with Crippen LogP contribution in [-0.2, 0) is 6.61 Å². The summed E-state index contributed by atoms with van der Waals surface area (Å²) in [5.41, 5.74) is 0.914. The Labute approximate surface area is 522 Å². The van der Waals surface area contributed by atoms with E-state index in [9.17, 15) is 44.0 Å². The molecule has 28 heteroatoms. The number of H-pyrrole nitrogens is 3. The predicted octanol–water partition coefficient (Wildman–Crippen LogP) is 6.02. The molecule has 3 saturated heterocycles. The number of aliphatic hydroxyl groups is 5. The summed E-state index contributed by atoms with van der Waals surface area (Å²) in [5.74, 6) is -0.843. The maximum Gasteiger partial charge on any atom is 0.181 e. The SMILES string of the molecule is CC(C)[C@@](C)(O)[C@@H]1CN(c2nc(-c3[nH]nc4ncccc34)c(C#N)cc2F)CCN1.CC(C)[C@@](C)(O)[C@@H]1CN(c2nc(-c3[nH]nc4ncccc34)c(F)cc2CO)CCN1.CC(CO)[C@@](C)(O)[C@@H]1CN(c2nc(-c3[nH]nc4ncccc34)c(F)cc2Cl)CCN1. The van der Waals surface area contributed by atoms with E-state index in [0.29, 0.717) is 132 Å². The van der Waals surface area contributed by atoms with Gasteiger partial charge in [0.2, 0.25) is 0 Å². The van der Waals surface area contributed by atoms with Crippen LogP contribution in [0, 0.1) is 46.5 Å². The molecule has 9 aromatic rings. The third kappa shape index (κ3) is 13.0. The molecule has 0 amide bonds. The van der Waals surface area contributed by atoms with Crippen LogP contribution in [0.1, 0.15) is 66.5 Å². The highest BCUT2D eigenvalue weighted by Crippen LogP contribution is 2.37. The number of nitrogens with zero attached hydrogens (tertiary/aromatic N) is 13. The quantitative estimate of drug-likeness (QED) is 0.0592. The minimum absolute atomic E-state index is 0.0214. The molecule has 12 rings (SSSR count). The van der Waals surface area contributed by atoms with Crippen molar-refractivity contribution in [2.75, 3.05) is 80.2 Å². The van der Waals surface area contributed by atoms with Crippen molar-refractivity contribution in [1.82, 2.24) is 76.4 Å². The topological polar surface area (TPSA) is 334 Å². The molecule has 0 aromatic carbocycles. The van der Waals surface area contributed by atoms with Gasteiger partial charge in [-0.05, 0) is 87.2 Å². The zero-order valence-corrected chi connectivity index (χ0v) is 52.0. The number of rotatable bonds is 14. The van der Waals surface area contributed by atoms with E-state index < -0.39 is 34.3 Å². The molecule has 3 fully saturated rings. The number of fused-ring (bicyclic) bond motifs is 3. The first-order chi connectivity index (χ1) is 43.0. The zero-order valence-electron chi connectivity index (χ0n) is 51.2. The number of hydrogen-bond donors (Lipinski definition) is 11. The van der Waals surface area contributed by atoms with Gasteiger partial charge in [-0.25, -0.2) is 43.1 Å². The van der Waals surface area contributed by atoms with Gasteiger partial charge in [-0.1, -0.05) is 46.2 Å². The van der Waals surface area contributed by atoms with E-state index >= 15 is 0 Å². The molecule has 3 aliphatic rings. The second-order valence-electron chi connectivity index (χ2n) is 24.2. The normalized spacial score (nSPS) is 19.6. The van der Waals surface area contributed by atoms with Gasteiger partial charge in [0.25, 0.3) is 0 Å². The van der Waals surface area contributed by atoms with Crippen molar-refractivity contribution in [2.24, 2.45) is 17.8 Å². The Morgan fingerprint density at radius 2 is 0.978 bits per heavy atom. The molecule has 24 nitrogen and oxygen atoms in total. The third-order valence-corrected chi connectivity index (χ3v) is 18.3. The Balaban J connectivity index is 0.000000148. The summed E-state index contributed by atoms with van der Waals surface area (Å²) in [7, 11) is 0. The van der Waals surface area contributed by atoms with Gasteiger partial charge >= 0.3 is 0 Å². The van der Waals surface area contributed by atoms with Gasteiger partial charge in [0.05, 0.1) is 69.2 Å². The maximum atomic E-state index is 15.0. The van der Waals surface area contributed by atoms with Crippen LogP contribution in [0.2, 0.25) is 5.02 Å². The average molecular weight is 1260 g/mol. The third-order valence-electron chi connectivity index (χ3n) is 18.0. The molecule has 0 aliphatic carbocycles. The van der Waals surface area contributed by atoms with Crippen molar-refractivity contribution < 1.29 is 38.7 Å². The Hall–Kier alpha value is -8.04. The molecular weight excluding hydrogens is 1180 g/mol. The van der Waals surface area contributed by atoms with Crippen LogP contribution in [0.15, 0.2) is 73.2 Å². The van der Waals surface area contributed by atoms with E-state index in [1.807, 2.05) is 67.5 Å². The molecule has 0 spiro atoms. The number of nitrogens with one attached hydrogen (secondary N) is 6. The summed E-state index contributed by atoms with van der Waals surface area (Å²) in [6.07, 6.45) is 4.87. The Morgan fingerprint density at radius 3 is 1.41 bits per heavy atom. The van der Waals surface area contributed by atoms with Crippen molar-refractivity contribution in [3.05, 3.63) is 107 Å². The van der Waals surface area contributed by atoms with Crippen LogP contribution in [0.25, 0.3) is 67.3 Å². The first-order valence-corrected chi connectivity index (χ1v) is 30.2. The van der Waals surface area contributed by atoms with Crippen LogP contribution in [0.5, 0.6) is 0 Å². The number of anilines is 3.